The molecule has 0 aliphatic rings. The summed E-state index contributed by atoms with van der Waals surface area (Å²) in [5, 5.41) is -1.31. The molecule has 136 valence electrons. The molecule has 0 bridgehead atoms. The third-order valence-corrected chi connectivity index (χ3v) is 6.32. The molecule has 0 amide bonds. The van der Waals surface area contributed by atoms with Gasteiger partial charge in [-0.1, -0.05) is 55.8 Å². The number of benzene rings is 2. The zero-order chi connectivity index (χ0) is 18.7. The van der Waals surface area contributed by atoms with E-state index in [0.29, 0.717) is 17.9 Å². The lowest BCUT2D eigenvalue weighted by Crippen LogP contribution is -2.19. The molecule has 0 heterocycles. The lowest BCUT2D eigenvalue weighted by Gasteiger charge is -2.30. The molecule has 0 spiro atoms. The van der Waals surface area contributed by atoms with Crippen molar-refractivity contribution in [2.75, 3.05) is 6.61 Å². The smallest absolute Gasteiger partial charge is 0.335 e. The predicted octanol–water partition coefficient (Wildman–Crippen LogP) is 5.25. The van der Waals surface area contributed by atoms with Gasteiger partial charge in [0.2, 0.25) is 0 Å². The molecule has 2 rings (SSSR count). The second-order valence-corrected chi connectivity index (χ2v) is 8.99. The minimum atomic E-state index is -4.34. The fourth-order valence-electron chi connectivity index (χ4n) is 2.77. The standard InChI is InChI=1S/C20H27O4P/c1-5-6-14-24-19-15(2)17(16-10-8-7-9-11-16)12-13-18(19)20(3,4)25(21,22)23/h7-13H,5-6,14H2,1-4H3,(H2,21,22,23). The van der Waals surface area contributed by atoms with E-state index < -0.39 is 12.8 Å². The van der Waals surface area contributed by atoms with Crippen molar-refractivity contribution >= 4 is 7.60 Å². The molecular formula is C20H27O4P. The second-order valence-electron chi connectivity index (χ2n) is 6.79. The van der Waals surface area contributed by atoms with Gasteiger partial charge in [0.1, 0.15) is 5.75 Å². The summed E-state index contributed by atoms with van der Waals surface area (Å²) in [6.07, 6.45) is 1.89. The van der Waals surface area contributed by atoms with Crippen molar-refractivity contribution in [1.29, 1.82) is 0 Å². The largest absolute Gasteiger partial charge is 0.493 e. The Morgan fingerprint density at radius 3 is 2.28 bits per heavy atom. The van der Waals surface area contributed by atoms with Crippen molar-refractivity contribution in [2.45, 2.75) is 45.7 Å². The first kappa shape index (κ1) is 19.7. The van der Waals surface area contributed by atoms with Crippen LogP contribution in [0.4, 0.5) is 0 Å². The maximum Gasteiger partial charge on any atom is 0.335 e. The number of ether oxygens (including phenoxy) is 1. The van der Waals surface area contributed by atoms with Gasteiger partial charge >= 0.3 is 7.60 Å². The third-order valence-electron chi connectivity index (χ3n) is 4.62. The van der Waals surface area contributed by atoms with Crippen LogP contribution in [-0.2, 0) is 9.72 Å². The topological polar surface area (TPSA) is 66.8 Å². The molecule has 5 heteroatoms. The monoisotopic (exact) mass is 362 g/mol. The van der Waals surface area contributed by atoms with Crippen LogP contribution in [0.3, 0.4) is 0 Å². The fourth-order valence-corrected chi connectivity index (χ4v) is 3.26. The molecule has 0 aliphatic heterocycles. The van der Waals surface area contributed by atoms with Gasteiger partial charge in [0.05, 0.1) is 11.8 Å². The van der Waals surface area contributed by atoms with E-state index in [-0.39, 0.29) is 0 Å². The first-order chi connectivity index (χ1) is 11.7. The Morgan fingerprint density at radius 1 is 1.08 bits per heavy atom. The van der Waals surface area contributed by atoms with Gasteiger partial charge in [-0.2, -0.15) is 0 Å². The lowest BCUT2D eigenvalue weighted by atomic mass is 9.92. The van der Waals surface area contributed by atoms with E-state index >= 15 is 0 Å². The molecule has 0 atom stereocenters. The van der Waals surface area contributed by atoms with E-state index in [0.717, 1.165) is 29.5 Å². The van der Waals surface area contributed by atoms with Crippen molar-refractivity contribution in [1.82, 2.24) is 0 Å². The average Bonchev–Trinajstić information content (AvgIpc) is 2.56. The number of rotatable bonds is 7. The Labute approximate surface area is 150 Å². The summed E-state index contributed by atoms with van der Waals surface area (Å²) < 4.78 is 18.0. The van der Waals surface area contributed by atoms with Gasteiger partial charge in [-0.3, -0.25) is 4.57 Å². The SMILES string of the molecule is CCCCOc1c(C(C)(C)P(=O)(O)O)ccc(-c2ccccc2)c1C. The molecule has 0 saturated carbocycles. The van der Waals surface area contributed by atoms with Crippen molar-refractivity contribution < 1.29 is 19.1 Å². The molecule has 2 N–H and O–H groups in total. The molecule has 2 aromatic rings. The van der Waals surface area contributed by atoms with Gasteiger partial charge in [0, 0.05) is 5.56 Å². The van der Waals surface area contributed by atoms with E-state index in [1.165, 1.54) is 0 Å². The van der Waals surface area contributed by atoms with E-state index in [4.69, 9.17) is 4.74 Å². The lowest BCUT2D eigenvalue weighted by molar-refractivity contribution is 0.295. The molecular weight excluding hydrogens is 335 g/mol. The van der Waals surface area contributed by atoms with Crippen molar-refractivity contribution in [3.05, 3.63) is 53.6 Å². The Balaban J connectivity index is 2.61. The number of hydrogen-bond donors (Lipinski definition) is 2. The summed E-state index contributed by atoms with van der Waals surface area (Å²) in [5.41, 5.74) is 3.52. The van der Waals surface area contributed by atoms with E-state index in [2.05, 4.69) is 6.92 Å². The van der Waals surface area contributed by atoms with Crippen molar-refractivity contribution in [2.24, 2.45) is 0 Å². The average molecular weight is 362 g/mol. The minimum absolute atomic E-state index is 0.528. The van der Waals surface area contributed by atoms with Gasteiger partial charge in [0.15, 0.2) is 0 Å². The first-order valence-electron chi connectivity index (χ1n) is 8.58. The summed E-state index contributed by atoms with van der Waals surface area (Å²) in [6, 6.07) is 13.7. The van der Waals surface area contributed by atoms with Crippen LogP contribution in [0.5, 0.6) is 5.75 Å². The molecule has 0 saturated heterocycles. The molecule has 0 radical (unpaired) electrons. The summed E-state index contributed by atoms with van der Waals surface area (Å²) in [4.78, 5) is 19.7. The van der Waals surface area contributed by atoms with Crippen LogP contribution in [0.25, 0.3) is 11.1 Å². The van der Waals surface area contributed by atoms with Crippen LogP contribution < -0.4 is 4.74 Å². The highest BCUT2D eigenvalue weighted by Crippen LogP contribution is 2.59. The van der Waals surface area contributed by atoms with Crippen molar-refractivity contribution in [3.8, 4) is 16.9 Å². The Bertz CT molecular complexity index is 763. The molecule has 4 nitrogen and oxygen atoms in total. The summed E-state index contributed by atoms with van der Waals surface area (Å²) in [5.74, 6) is 0.586. The van der Waals surface area contributed by atoms with Gasteiger partial charge in [-0.05, 0) is 43.9 Å². The number of hydrogen-bond acceptors (Lipinski definition) is 2. The first-order valence-corrected chi connectivity index (χ1v) is 10.2. The van der Waals surface area contributed by atoms with Crippen LogP contribution in [0.1, 0.15) is 44.7 Å². The molecule has 0 fully saturated rings. The van der Waals surface area contributed by atoms with Crippen LogP contribution in [-0.4, -0.2) is 16.4 Å². The van der Waals surface area contributed by atoms with Crippen LogP contribution in [0.15, 0.2) is 42.5 Å². The van der Waals surface area contributed by atoms with E-state index in [9.17, 15) is 14.4 Å². The van der Waals surface area contributed by atoms with Crippen LogP contribution >= 0.6 is 7.60 Å². The Hall–Kier alpha value is -1.61. The van der Waals surface area contributed by atoms with Gasteiger partial charge in [-0.15, -0.1) is 0 Å². The Kier molecular flexibility index (Phi) is 6.10. The van der Waals surface area contributed by atoms with Gasteiger partial charge < -0.3 is 14.5 Å². The Morgan fingerprint density at radius 2 is 1.72 bits per heavy atom. The molecule has 0 aliphatic carbocycles. The molecule has 25 heavy (non-hydrogen) atoms. The minimum Gasteiger partial charge on any atom is -0.493 e. The fraction of sp³-hybridized carbons (Fsp3) is 0.400. The zero-order valence-corrected chi connectivity index (χ0v) is 16.2. The highest BCUT2D eigenvalue weighted by atomic mass is 31.2. The normalized spacial score (nSPS) is 12.2. The predicted molar refractivity (Wildman–Crippen MR) is 102 cm³/mol. The third kappa shape index (κ3) is 4.14. The number of unbranched alkanes of at least 4 members (excludes halogenated alkanes) is 1. The molecule has 0 aromatic heterocycles. The summed E-state index contributed by atoms with van der Waals surface area (Å²) in [6.45, 7) is 7.69. The highest BCUT2D eigenvalue weighted by molar-refractivity contribution is 7.53. The molecule has 2 aromatic carbocycles. The van der Waals surface area contributed by atoms with E-state index in [1.807, 2.05) is 43.3 Å². The van der Waals surface area contributed by atoms with Crippen LogP contribution in [0.2, 0.25) is 0 Å². The van der Waals surface area contributed by atoms with Crippen LogP contribution in [0, 0.1) is 6.92 Å². The maximum atomic E-state index is 12.0. The quantitative estimate of drug-likeness (QED) is 0.521. The maximum absolute atomic E-state index is 12.0. The second kappa shape index (κ2) is 7.74. The van der Waals surface area contributed by atoms with Gasteiger partial charge in [-0.25, -0.2) is 0 Å². The van der Waals surface area contributed by atoms with Gasteiger partial charge in [0.25, 0.3) is 0 Å². The summed E-state index contributed by atoms with van der Waals surface area (Å²) in [7, 11) is -4.34. The highest BCUT2D eigenvalue weighted by Gasteiger charge is 2.42. The van der Waals surface area contributed by atoms with Crippen molar-refractivity contribution in [3.63, 3.8) is 0 Å². The van der Waals surface area contributed by atoms with E-state index in [1.54, 1.807) is 19.9 Å². The zero-order valence-electron chi connectivity index (χ0n) is 15.3. The summed E-state index contributed by atoms with van der Waals surface area (Å²) >= 11 is 0. The molecule has 0 unspecified atom stereocenters.